The molecule has 25 heavy (non-hydrogen) atoms. The number of para-hydroxylation sites is 2. The van der Waals surface area contributed by atoms with Crippen LogP contribution in [0.3, 0.4) is 0 Å². The van der Waals surface area contributed by atoms with Crippen LogP contribution in [0.15, 0.2) is 53.0 Å². The number of nitrogens with zero attached hydrogens (tertiary/aromatic N) is 1. The number of rotatable bonds is 4. The second-order valence-corrected chi connectivity index (χ2v) is 6.56. The molecule has 1 heterocycles. The first kappa shape index (κ1) is 17.0. The molecule has 0 saturated carbocycles. The van der Waals surface area contributed by atoms with Crippen LogP contribution in [-0.2, 0) is 10.3 Å². The van der Waals surface area contributed by atoms with Crippen molar-refractivity contribution in [1.29, 1.82) is 0 Å². The van der Waals surface area contributed by atoms with Gasteiger partial charge in [0.2, 0.25) is 16.2 Å². The molecule has 1 aliphatic carbocycles. The molecule has 8 heteroatoms. The average molecular weight is 359 g/mol. The Bertz CT molecular complexity index is 1080. The molecule has 1 aromatic heterocycles. The number of fused-ring (bicyclic) bond motifs is 1. The number of aromatic nitrogens is 2. The summed E-state index contributed by atoms with van der Waals surface area (Å²) >= 11 is 0. The number of hydrogen-bond donors (Lipinski definition) is 2. The van der Waals surface area contributed by atoms with E-state index in [1.54, 1.807) is 30.3 Å². The highest BCUT2D eigenvalue weighted by molar-refractivity contribution is 7.73. The maximum atomic E-state index is 12.9. The summed E-state index contributed by atoms with van der Waals surface area (Å²) in [5.41, 5.74) is 0.970. The molecule has 2 N–H and O–H groups in total. The maximum Gasteiger partial charge on any atom is 0.333 e. The third-order valence-corrected chi connectivity index (χ3v) is 4.68. The standard InChI is InChI=1S/C17H17N3O4S/c1-2-9-18-11-7-8-12(15(10-11)25(23)24)16(21)20-14-6-4-3-5-13(14)19-17(20)22/h3-8,10,12,18H,2,9H2,1H3,(H,19,22). The number of carbonyl (C=O) groups excluding carboxylic acids is 1. The van der Waals surface area contributed by atoms with Gasteiger partial charge in [-0.2, -0.15) is 8.42 Å². The monoisotopic (exact) mass is 359 g/mol. The highest BCUT2D eigenvalue weighted by atomic mass is 32.2. The van der Waals surface area contributed by atoms with Crippen LogP contribution in [-0.4, -0.2) is 35.3 Å². The van der Waals surface area contributed by atoms with Crippen LogP contribution in [0.5, 0.6) is 0 Å². The molecule has 0 aliphatic heterocycles. The topological polar surface area (TPSA) is 101 Å². The fourth-order valence-corrected chi connectivity index (χ4v) is 3.34. The molecule has 0 bridgehead atoms. The van der Waals surface area contributed by atoms with Gasteiger partial charge in [-0.3, -0.25) is 4.79 Å². The second-order valence-electron chi connectivity index (χ2n) is 5.62. The fraction of sp³-hybridized carbons (Fsp3) is 0.235. The van der Waals surface area contributed by atoms with Crippen LogP contribution in [0.1, 0.15) is 18.1 Å². The van der Waals surface area contributed by atoms with Crippen LogP contribution in [0.2, 0.25) is 0 Å². The van der Waals surface area contributed by atoms with Crippen LogP contribution < -0.4 is 11.0 Å². The van der Waals surface area contributed by atoms with Gasteiger partial charge in [-0.25, -0.2) is 9.36 Å². The number of allylic oxidation sites excluding steroid dienone is 3. The Morgan fingerprint density at radius 1 is 1.32 bits per heavy atom. The minimum absolute atomic E-state index is 0.0664. The van der Waals surface area contributed by atoms with E-state index in [9.17, 15) is 18.0 Å². The lowest BCUT2D eigenvalue weighted by Crippen LogP contribution is -2.35. The van der Waals surface area contributed by atoms with Crippen molar-refractivity contribution in [2.75, 3.05) is 6.54 Å². The largest absolute Gasteiger partial charge is 0.385 e. The van der Waals surface area contributed by atoms with Gasteiger partial charge in [0.25, 0.3) is 0 Å². The van der Waals surface area contributed by atoms with Crippen LogP contribution in [0.4, 0.5) is 0 Å². The van der Waals surface area contributed by atoms with E-state index in [1.165, 1.54) is 12.2 Å². The zero-order valence-electron chi connectivity index (χ0n) is 13.5. The molecule has 3 rings (SSSR count). The summed E-state index contributed by atoms with van der Waals surface area (Å²) in [6, 6.07) is 6.77. The van der Waals surface area contributed by atoms with Crippen molar-refractivity contribution in [1.82, 2.24) is 14.9 Å². The van der Waals surface area contributed by atoms with Crippen molar-refractivity contribution in [2.24, 2.45) is 5.92 Å². The smallest absolute Gasteiger partial charge is 0.333 e. The Kier molecular flexibility index (Phi) is 4.71. The number of aromatic amines is 1. The highest BCUT2D eigenvalue weighted by Crippen LogP contribution is 2.17. The van der Waals surface area contributed by atoms with E-state index in [1.807, 2.05) is 6.92 Å². The van der Waals surface area contributed by atoms with Gasteiger partial charge in [0, 0.05) is 12.2 Å². The van der Waals surface area contributed by atoms with Gasteiger partial charge in [0.05, 0.1) is 21.8 Å². The third kappa shape index (κ3) is 3.20. The Morgan fingerprint density at radius 3 is 2.80 bits per heavy atom. The summed E-state index contributed by atoms with van der Waals surface area (Å²) < 4.78 is 24.2. The zero-order chi connectivity index (χ0) is 18.0. The van der Waals surface area contributed by atoms with Gasteiger partial charge in [0.1, 0.15) is 0 Å². The Balaban J connectivity index is 2.04. The minimum atomic E-state index is -2.58. The first-order valence-electron chi connectivity index (χ1n) is 7.86. The molecule has 1 atom stereocenters. The third-order valence-electron chi connectivity index (χ3n) is 3.92. The molecular formula is C17H17N3O4S. The predicted octanol–water partition coefficient (Wildman–Crippen LogP) is 1.09. The molecule has 0 spiro atoms. The zero-order valence-corrected chi connectivity index (χ0v) is 14.3. The summed E-state index contributed by atoms with van der Waals surface area (Å²) in [5.74, 6) is -1.65. The summed E-state index contributed by atoms with van der Waals surface area (Å²) in [6.45, 7) is 2.68. The van der Waals surface area contributed by atoms with E-state index < -0.39 is 27.8 Å². The lowest BCUT2D eigenvalue weighted by atomic mass is 9.98. The number of hydrogen-bond acceptors (Lipinski definition) is 5. The molecule has 1 unspecified atom stereocenters. The molecule has 130 valence electrons. The van der Waals surface area contributed by atoms with Gasteiger partial charge in [-0.15, -0.1) is 0 Å². The molecule has 2 aromatic rings. The molecule has 0 amide bonds. The lowest BCUT2D eigenvalue weighted by molar-refractivity contribution is 0.0893. The average Bonchev–Trinajstić information content (AvgIpc) is 2.94. The maximum absolute atomic E-state index is 12.9. The fourth-order valence-electron chi connectivity index (χ4n) is 2.73. The molecule has 7 nitrogen and oxygen atoms in total. The molecule has 0 fully saturated rings. The van der Waals surface area contributed by atoms with Gasteiger partial charge >= 0.3 is 5.69 Å². The summed E-state index contributed by atoms with van der Waals surface area (Å²) in [6.07, 6.45) is 5.48. The lowest BCUT2D eigenvalue weighted by Gasteiger charge is -2.17. The van der Waals surface area contributed by atoms with E-state index >= 15 is 0 Å². The molecular weight excluding hydrogens is 342 g/mol. The molecule has 0 saturated heterocycles. The quantitative estimate of drug-likeness (QED) is 0.796. The first-order valence-corrected chi connectivity index (χ1v) is 8.94. The Labute approximate surface area is 145 Å². The highest BCUT2D eigenvalue weighted by Gasteiger charge is 2.28. The van der Waals surface area contributed by atoms with Crippen molar-refractivity contribution in [3.05, 3.63) is 58.7 Å². The number of nitrogens with one attached hydrogen (secondary N) is 2. The number of imidazole rings is 1. The van der Waals surface area contributed by atoms with Crippen molar-refractivity contribution >= 4 is 32.1 Å². The summed E-state index contributed by atoms with van der Waals surface area (Å²) in [5, 5.41) is 3.09. The summed E-state index contributed by atoms with van der Waals surface area (Å²) in [4.78, 5) is 27.6. The van der Waals surface area contributed by atoms with Crippen molar-refractivity contribution in [2.45, 2.75) is 13.3 Å². The van der Waals surface area contributed by atoms with Gasteiger partial charge < -0.3 is 10.3 Å². The van der Waals surface area contributed by atoms with Crippen molar-refractivity contribution in [3.63, 3.8) is 0 Å². The van der Waals surface area contributed by atoms with Crippen molar-refractivity contribution in [3.8, 4) is 0 Å². The Hall–Kier alpha value is -2.87. The molecule has 1 aromatic carbocycles. The SMILES string of the molecule is CCCNC1=CC(=S(=O)=O)C(C(=O)n2c(=O)[nH]c3ccccc32)C=C1. The normalized spacial score (nSPS) is 16.8. The van der Waals surface area contributed by atoms with Crippen molar-refractivity contribution < 1.29 is 13.2 Å². The van der Waals surface area contributed by atoms with Crippen LogP contribution in [0, 0.1) is 5.92 Å². The Morgan fingerprint density at radius 2 is 2.08 bits per heavy atom. The first-order chi connectivity index (χ1) is 12.0. The second kappa shape index (κ2) is 6.94. The minimum Gasteiger partial charge on any atom is -0.385 e. The van der Waals surface area contributed by atoms with Crippen LogP contribution >= 0.6 is 0 Å². The van der Waals surface area contributed by atoms with Gasteiger partial charge in [0.15, 0.2) is 0 Å². The van der Waals surface area contributed by atoms with E-state index in [4.69, 9.17) is 0 Å². The van der Waals surface area contributed by atoms with Crippen LogP contribution in [0.25, 0.3) is 11.0 Å². The van der Waals surface area contributed by atoms with E-state index in [-0.39, 0.29) is 4.86 Å². The van der Waals surface area contributed by atoms with E-state index in [0.29, 0.717) is 23.3 Å². The van der Waals surface area contributed by atoms with Gasteiger partial charge in [-0.05, 0) is 30.7 Å². The number of H-pyrrole nitrogens is 1. The van der Waals surface area contributed by atoms with E-state index in [0.717, 1.165) is 11.0 Å². The number of carbonyl (C=O) groups is 1. The summed E-state index contributed by atoms with van der Waals surface area (Å²) in [7, 11) is -2.58. The van der Waals surface area contributed by atoms with Gasteiger partial charge in [-0.1, -0.05) is 25.1 Å². The van der Waals surface area contributed by atoms with E-state index in [2.05, 4.69) is 10.3 Å². The molecule has 1 aliphatic rings. The predicted molar refractivity (Wildman–Crippen MR) is 96.1 cm³/mol. The molecule has 0 radical (unpaired) electrons. The number of benzene rings is 1.